The van der Waals surface area contributed by atoms with Gasteiger partial charge in [0.2, 0.25) is 0 Å². The summed E-state index contributed by atoms with van der Waals surface area (Å²) < 4.78 is 5.49. The van der Waals surface area contributed by atoms with Gasteiger partial charge in [-0.15, -0.1) is 0 Å². The van der Waals surface area contributed by atoms with E-state index in [1.807, 2.05) is 7.11 Å². The van der Waals surface area contributed by atoms with E-state index in [2.05, 4.69) is 39.9 Å². The van der Waals surface area contributed by atoms with Crippen molar-refractivity contribution in [2.75, 3.05) is 20.2 Å². The van der Waals surface area contributed by atoms with Crippen molar-refractivity contribution in [2.45, 2.75) is 72.8 Å². The van der Waals surface area contributed by atoms with Gasteiger partial charge >= 0.3 is 0 Å². The van der Waals surface area contributed by atoms with Gasteiger partial charge in [-0.25, -0.2) is 0 Å². The predicted molar refractivity (Wildman–Crippen MR) is 81.0 cm³/mol. The maximum Gasteiger partial charge on any atom is 0.0549 e. The summed E-state index contributed by atoms with van der Waals surface area (Å²) in [5, 5.41) is 3.66. The molecule has 1 N–H and O–H groups in total. The highest BCUT2D eigenvalue weighted by atomic mass is 16.5. The maximum atomic E-state index is 5.49. The summed E-state index contributed by atoms with van der Waals surface area (Å²) in [4.78, 5) is 0. The van der Waals surface area contributed by atoms with Crippen LogP contribution in [0, 0.1) is 11.3 Å². The zero-order valence-corrected chi connectivity index (χ0v) is 13.5. The summed E-state index contributed by atoms with van der Waals surface area (Å²) in [6, 6.07) is 0. The molecule has 2 unspecified atom stereocenters. The molecule has 0 aliphatic carbocycles. The fraction of sp³-hybridized carbons (Fsp3) is 1.00. The zero-order chi connectivity index (χ0) is 14.0. The summed E-state index contributed by atoms with van der Waals surface area (Å²) in [5.74, 6) is 0.727. The van der Waals surface area contributed by atoms with Crippen LogP contribution >= 0.6 is 0 Å². The summed E-state index contributed by atoms with van der Waals surface area (Å²) >= 11 is 0. The molecule has 0 aromatic carbocycles. The molecule has 0 amide bonds. The second-order valence-electron chi connectivity index (χ2n) is 6.23. The molecular weight excluding hydrogens is 222 g/mol. The number of rotatable bonds is 11. The smallest absolute Gasteiger partial charge is 0.0549 e. The molecule has 0 spiro atoms. The van der Waals surface area contributed by atoms with Gasteiger partial charge in [0, 0.05) is 13.7 Å². The number of methoxy groups -OCH3 is 1. The summed E-state index contributed by atoms with van der Waals surface area (Å²) in [6.45, 7) is 13.6. The van der Waals surface area contributed by atoms with Gasteiger partial charge in [0.1, 0.15) is 0 Å². The first-order valence-electron chi connectivity index (χ1n) is 7.73. The number of hydrogen-bond donors (Lipinski definition) is 1. The molecule has 18 heavy (non-hydrogen) atoms. The van der Waals surface area contributed by atoms with E-state index >= 15 is 0 Å². The number of hydrogen-bond acceptors (Lipinski definition) is 2. The Balaban J connectivity index is 4.43. The van der Waals surface area contributed by atoms with E-state index < -0.39 is 0 Å². The van der Waals surface area contributed by atoms with E-state index in [4.69, 9.17) is 4.74 Å². The SMILES string of the molecule is CCCCC(CC)(CNCC(C)C)CC(C)OC. The summed E-state index contributed by atoms with van der Waals surface area (Å²) in [7, 11) is 1.83. The molecule has 2 nitrogen and oxygen atoms in total. The first kappa shape index (κ1) is 17.9. The molecule has 0 aliphatic rings. The number of ether oxygens (including phenoxy) is 1. The van der Waals surface area contributed by atoms with Gasteiger partial charge in [0.05, 0.1) is 6.10 Å². The van der Waals surface area contributed by atoms with Gasteiger partial charge in [0.25, 0.3) is 0 Å². The lowest BCUT2D eigenvalue weighted by molar-refractivity contribution is 0.0556. The molecule has 0 heterocycles. The van der Waals surface area contributed by atoms with Crippen LogP contribution in [0.3, 0.4) is 0 Å². The summed E-state index contributed by atoms with van der Waals surface area (Å²) in [5.41, 5.74) is 0.417. The fourth-order valence-electron chi connectivity index (χ4n) is 2.58. The Morgan fingerprint density at radius 1 is 1.17 bits per heavy atom. The van der Waals surface area contributed by atoms with Gasteiger partial charge in [-0.3, -0.25) is 0 Å². The molecule has 0 aliphatic heterocycles. The van der Waals surface area contributed by atoms with Crippen LogP contribution in [-0.2, 0) is 4.74 Å². The van der Waals surface area contributed by atoms with Crippen LogP contribution in [0.5, 0.6) is 0 Å². The molecule has 0 fully saturated rings. The van der Waals surface area contributed by atoms with E-state index in [1.54, 1.807) is 0 Å². The van der Waals surface area contributed by atoms with Crippen LogP contribution in [0.25, 0.3) is 0 Å². The van der Waals surface area contributed by atoms with Crippen LogP contribution in [0.4, 0.5) is 0 Å². The first-order chi connectivity index (χ1) is 8.49. The average Bonchev–Trinajstić information content (AvgIpc) is 2.35. The molecule has 0 saturated carbocycles. The van der Waals surface area contributed by atoms with Crippen molar-refractivity contribution in [1.82, 2.24) is 5.32 Å². The minimum Gasteiger partial charge on any atom is -0.382 e. The third-order valence-corrected chi connectivity index (χ3v) is 3.99. The molecular formula is C16H35NO. The highest BCUT2D eigenvalue weighted by Crippen LogP contribution is 2.34. The zero-order valence-electron chi connectivity index (χ0n) is 13.5. The average molecular weight is 257 g/mol. The standard InChI is InChI=1S/C16H35NO/c1-7-9-10-16(8-2,11-15(5)18-6)13-17-12-14(3)4/h14-15,17H,7-13H2,1-6H3. The third kappa shape index (κ3) is 7.38. The Bertz CT molecular complexity index is 194. The third-order valence-electron chi connectivity index (χ3n) is 3.99. The largest absolute Gasteiger partial charge is 0.382 e. The number of nitrogens with one attached hydrogen (secondary N) is 1. The van der Waals surface area contributed by atoms with Crippen LogP contribution in [0.15, 0.2) is 0 Å². The van der Waals surface area contributed by atoms with Crippen molar-refractivity contribution in [3.05, 3.63) is 0 Å². The molecule has 0 radical (unpaired) electrons. The Kier molecular flexibility index (Phi) is 9.76. The Hall–Kier alpha value is -0.0800. The Morgan fingerprint density at radius 3 is 2.28 bits per heavy atom. The molecule has 0 saturated heterocycles. The van der Waals surface area contributed by atoms with E-state index in [0.29, 0.717) is 11.5 Å². The monoisotopic (exact) mass is 257 g/mol. The molecule has 0 bridgehead atoms. The molecule has 2 heteroatoms. The highest BCUT2D eigenvalue weighted by Gasteiger charge is 2.29. The van der Waals surface area contributed by atoms with E-state index in [-0.39, 0.29) is 0 Å². The van der Waals surface area contributed by atoms with Gasteiger partial charge in [-0.1, -0.05) is 40.5 Å². The van der Waals surface area contributed by atoms with Gasteiger partial charge in [-0.2, -0.15) is 0 Å². The predicted octanol–water partition coefficient (Wildman–Crippen LogP) is 4.24. The van der Waals surface area contributed by atoms with Crippen molar-refractivity contribution in [3.8, 4) is 0 Å². The molecule has 0 rings (SSSR count). The Morgan fingerprint density at radius 2 is 1.83 bits per heavy atom. The maximum absolute atomic E-state index is 5.49. The van der Waals surface area contributed by atoms with Gasteiger partial charge < -0.3 is 10.1 Å². The quantitative estimate of drug-likeness (QED) is 0.597. The molecule has 110 valence electrons. The van der Waals surface area contributed by atoms with Crippen molar-refractivity contribution < 1.29 is 4.74 Å². The van der Waals surface area contributed by atoms with Crippen LogP contribution in [0.2, 0.25) is 0 Å². The Labute approximate surface area is 115 Å². The normalized spacial score (nSPS) is 16.8. The van der Waals surface area contributed by atoms with Crippen molar-refractivity contribution in [2.24, 2.45) is 11.3 Å². The summed E-state index contributed by atoms with van der Waals surface area (Å²) in [6.07, 6.45) is 6.71. The van der Waals surface area contributed by atoms with Crippen molar-refractivity contribution in [1.29, 1.82) is 0 Å². The first-order valence-corrected chi connectivity index (χ1v) is 7.73. The van der Waals surface area contributed by atoms with Crippen LogP contribution in [0.1, 0.15) is 66.7 Å². The molecule has 0 aromatic rings. The lowest BCUT2D eigenvalue weighted by atomic mass is 9.75. The lowest BCUT2D eigenvalue weighted by Crippen LogP contribution is -2.38. The molecule has 2 atom stereocenters. The topological polar surface area (TPSA) is 21.3 Å². The lowest BCUT2D eigenvalue weighted by Gasteiger charge is -2.35. The minimum atomic E-state index is 0.364. The number of unbranched alkanes of at least 4 members (excludes halogenated alkanes) is 1. The highest BCUT2D eigenvalue weighted by molar-refractivity contribution is 4.83. The fourth-order valence-corrected chi connectivity index (χ4v) is 2.58. The van der Waals surface area contributed by atoms with Crippen molar-refractivity contribution in [3.63, 3.8) is 0 Å². The van der Waals surface area contributed by atoms with E-state index in [9.17, 15) is 0 Å². The second-order valence-corrected chi connectivity index (χ2v) is 6.23. The van der Waals surface area contributed by atoms with Crippen LogP contribution < -0.4 is 5.32 Å². The second kappa shape index (κ2) is 9.80. The van der Waals surface area contributed by atoms with Gasteiger partial charge in [0.15, 0.2) is 0 Å². The molecule has 0 aromatic heterocycles. The van der Waals surface area contributed by atoms with E-state index in [0.717, 1.165) is 19.0 Å². The van der Waals surface area contributed by atoms with Crippen LogP contribution in [-0.4, -0.2) is 26.3 Å². The minimum absolute atomic E-state index is 0.364. The van der Waals surface area contributed by atoms with Gasteiger partial charge in [-0.05, 0) is 44.1 Å². The van der Waals surface area contributed by atoms with Crippen molar-refractivity contribution >= 4 is 0 Å². The van der Waals surface area contributed by atoms with E-state index in [1.165, 1.54) is 32.1 Å².